The minimum atomic E-state index is 0.0418. The van der Waals surface area contributed by atoms with Crippen LogP contribution in [0.2, 0.25) is 0 Å². The summed E-state index contributed by atoms with van der Waals surface area (Å²) in [4.78, 5) is 0. The molecule has 0 saturated heterocycles. The van der Waals surface area contributed by atoms with E-state index in [9.17, 15) is 0 Å². The summed E-state index contributed by atoms with van der Waals surface area (Å²) in [6, 6.07) is 15.5. The molecule has 144 valence electrons. The molecule has 0 bridgehead atoms. The van der Waals surface area contributed by atoms with E-state index in [1.54, 1.807) is 0 Å². The smallest absolute Gasteiger partial charge is 0.0680 e. The summed E-state index contributed by atoms with van der Waals surface area (Å²) in [6.07, 6.45) is 6.12. The molecule has 27 heavy (non-hydrogen) atoms. The molecule has 0 amide bonds. The zero-order valence-electron chi connectivity index (χ0n) is 18.0. The Labute approximate surface area is 165 Å². The van der Waals surface area contributed by atoms with Crippen molar-refractivity contribution in [1.29, 1.82) is 0 Å². The van der Waals surface area contributed by atoms with Gasteiger partial charge in [-0.25, -0.2) is 4.68 Å². The summed E-state index contributed by atoms with van der Waals surface area (Å²) in [5.41, 5.74) is 8.17. The second kappa shape index (κ2) is 9.03. The monoisotopic (exact) mass is 362 g/mol. The first-order chi connectivity index (χ1) is 13.0. The molecule has 2 heteroatoms. The van der Waals surface area contributed by atoms with Crippen molar-refractivity contribution in [3.8, 4) is 16.8 Å². The predicted molar refractivity (Wildman–Crippen MR) is 118 cm³/mol. The lowest BCUT2D eigenvalue weighted by atomic mass is 9.82. The maximum atomic E-state index is 4.43. The van der Waals surface area contributed by atoms with Gasteiger partial charge < -0.3 is 0 Å². The number of benzene rings is 2. The van der Waals surface area contributed by atoms with Crippen LogP contribution >= 0.6 is 0 Å². The van der Waals surface area contributed by atoms with Crippen LogP contribution in [0.25, 0.3) is 16.8 Å². The highest BCUT2D eigenvalue weighted by molar-refractivity contribution is 5.82. The molecule has 3 aromatic rings. The third-order valence-electron chi connectivity index (χ3n) is 4.91. The van der Waals surface area contributed by atoms with E-state index in [1.807, 2.05) is 37.0 Å². The van der Waals surface area contributed by atoms with Crippen LogP contribution in [0.4, 0.5) is 0 Å². The van der Waals surface area contributed by atoms with Crippen LogP contribution in [0, 0.1) is 0 Å². The summed E-state index contributed by atoms with van der Waals surface area (Å²) < 4.78 is 1.98. The molecule has 0 fully saturated rings. The zero-order chi connectivity index (χ0) is 20.0. The van der Waals surface area contributed by atoms with Crippen molar-refractivity contribution in [2.75, 3.05) is 0 Å². The predicted octanol–water partition coefficient (Wildman–Crippen LogP) is 7.18. The van der Waals surface area contributed by atoms with Crippen LogP contribution in [0.15, 0.2) is 54.9 Å². The first-order valence-electron chi connectivity index (χ1n) is 10.3. The number of hydrogen-bond acceptors (Lipinski definition) is 1. The third kappa shape index (κ3) is 3.85. The Morgan fingerprint density at radius 2 is 1.56 bits per heavy atom. The molecule has 2 nitrogen and oxygen atoms in total. The lowest BCUT2D eigenvalue weighted by Crippen LogP contribution is -2.15. The van der Waals surface area contributed by atoms with Crippen LogP contribution in [0.5, 0.6) is 0 Å². The van der Waals surface area contributed by atoms with Gasteiger partial charge in [-0.2, -0.15) is 5.10 Å². The lowest BCUT2D eigenvalue weighted by Gasteiger charge is -2.22. The van der Waals surface area contributed by atoms with Gasteiger partial charge in [0, 0.05) is 17.8 Å². The lowest BCUT2D eigenvalue weighted by molar-refractivity contribution is 0.658. The number of aryl methyl sites for hydroxylation is 1. The number of hydrogen-bond donors (Lipinski definition) is 0. The Morgan fingerprint density at radius 1 is 0.889 bits per heavy atom. The van der Waals surface area contributed by atoms with Crippen molar-refractivity contribution in [1.82, 2.24) is 9.78 Å². The van der Waals surface area contributed by atoms with Crippen LogP contribution in [0.3, 0.4) is 0 Å². The van der Waals surface area contributed by atoms with E-state index >= 15 is 0 Å². The molecular weight excluding hydrogens is 328 g/mol. The van der Waals surface area contributed by atoms with Gasteiger partial charge in [-0.1, -0.05) is 79.2 Å². The minimum Gasteiger partial charge on any atom is -0.241 e. The minimum absolute atomic E-state index is 0.0418. The Morgan fingerprint density at radius 3 is 2.15 bits per heavy atom. The van der Waals surface area contributed by atoms with E-state index in [0.717, 1.165) is 6.42 Å². The Hall–Kier alpha value is -2.35. The molecule has 2 aromatic carbocycles. The summed E-state index contributed by atoms with van der Waals surface area (Å²) in [5.74, 6) is 0. The number of fused-ring (bicyclic) bond motifs is 3. The maximum Gasteiger partial charge on any atom is 0.0680 e. The molecule has 0 saturated carbocycles. The molecule has 0 radical (unpaired) electrons. The highest BCUT2D eigenvalue weighted by atomic mass is 15.3. The van der Waals surface area contributed by atoms with E-state index in [1.165, 1.54) is 39.9 Å². The van der Waals surface area contributed by atoms with Crippen LogP contribution in [-0.2, 0) is 11.8 Å². The molecule has 0 N–H and O–H groups in total. The van der Waals surface area contributed by atoms with Gasteiger partial charge in [-0.3, -0.25) is 0 Å². The summed E-state index contributed by atoms with van der Waals surface area (Å²) in [5, 5.41) is 4.43. The second-order valence-electron chi connectivity index (χ2n) is 7.21. The van der Waals surface area contributed by atoms with Gasteiger partial charge in [0.1, 0.15) is 0 Å². The van der Waals surface area contributed by atoms with Crippen LogP contribution in [-0.4, -0.2) is 9.78 Å². The largest absolute Gasteiger partial charge is 0.241 e. The van der Waals surface area contributed by atoms with Gasteiger partial charge in [0.15, 0.2) is 0 Å². The number of aromatic nitrogens is 2. The third-order valence-corrected chi connectivity index (χ3v) is 4.91. The molecule has 1 heterocycles. The van der Waals surface area contributed by atoms with E-state index in [4.69, 9.17) is 0 Å². The van der Waals surface area contributed by atoms with E-state index < -0.39 is 0 Å². The molecule has 1 aliphatic rings. The van der Waals surface area contributed by atoms with Crippen molar-refractivity contribution in [2.24, 2.45) is 0 Å². The van der Waals surface area contributed by atoms with E-state index in [-0.39, 0.29) is 5.41 Å². The van der Waals surface area contributed by atoms with Gasteiger partial charge in [0.05, 0.1) is 5.69 Å². The van der Waals surface area contributed by atoms with Crippen molar-refractivity contribution < 1.29 is 0 Å². The topological polar surface area (TPSA) is 17.8 Å². The molecule has 0 unspecified atom stereocenters. The van der Waals surface area contributed by atoms with E-state index in [0.29, 0.717) is 0 Å². The normalized spacial score (nSPS) is 12.9. The van der Waals surface area contributed by atoms with Crippen molar-refractivity contribution in [2.45, 2.75) is 66.7 Å². The fourth-order valence-electron chi connectivity index (χ4n) is 3.69. The van der Waals surface area contributed by atoms with Gasteiger partial charge in [-0.05, 0) is 52.4 Å². The van der Waals surface area contributed by atoms with Crippen molar-refractivity contribution in [3.63, 3.8) is 0 Å². The van der Waals surface area contributed by atoms with Gasteiger partial charge in [0.25, 0.3) is 0 Å². The molecule has 0 aliphatic heterocycles. The molecule has 0 atom stereocenters. The first-order valence-corrected chi connectivity index (χ1v) is 10.3. The molecule has 0 spiro atoms. The second-order valence-corrected chi connectivity index (χ2v) is 7.21. The van der Waals surface area contributed by atoms with Crippen molar-refractivity contribution >= 4 is 0 Å². The van der Waals surface area contributed by atoms with E-state index in [2.05, 4.69) is 76.1 Å². The summed E-state index contributed by atoms with van der Waals surface area (Å²) in [6.45, 7) is 15.1. The standard InChI is InChI=1S/C20H20N2.C3H8.C2H6/c1-4-14-12-16-15-8-5-6-9-17(15)20(2,3)18(16)13-19(14)22-11-7-10-21-22;1-3-2;1-2/h5-13H,4H2,1-3H3;3H2,1-2H3;1-2H3. The average Bonchev–Trinajstić information content (AvgIpc) is 3.30. The van der Waals surface area contributed by atoms with Crippen molar-refractivity contribution in [3.05, 3.63) is 71.5 Å². The Balaban J connectivity index is 0.000000478. The summed E-state index contributed by atoms with van der Waals surface area (Å²) >= 11 is 0. The summed E-state index contributed by atoms with van der Waals surface area (Å²) in [7, 11) is 0. The van der Waals surface area contributed by atoms with Crippen LogP contribution < -0.4 is 0 Å². The van der Waals surface area contributed by atoms with Gasteiger partial charge in [-0.15, -0.1) is 0 Å². The average molecular weight is 363 g/mol. The van der Waals surface area contributed by atoms with Crippen LogP contribution in [0.1, 0.15) is 71.6 Å². The fourth-order valence-corrected chi connectivity index (χ4v) is 3.69. The Kier molecular flexibility index (Phi) is 7.01. The quantitative estimate of drug-likeness (QED) is 0.472. The number of rotatable bonds is 2. The maximum absolute atomic E-state index is 4.43. The molecule has 4 rings (SSSR count). The molecule has 1 aromatic heterocycles. The Bertz CT molecular complexity index is 858. The molecule has 1 aliphatic carbocycles. The highest BCUT2D eigenvalue weighted by Crippen LogP contribution is 2.49. The number of nitrogens with zero attached hydrogens (tertiary/aromatic N) is 2. The van der Waals surface area contributed by atoms with Gasteiger partial charge >= 0.3 is 0 Å². The fraction of sp³-hybridized carbons (Fsp3) is 0.400. The molecular formula is C25H34N2. The van der Waals surface area contributed by atoms with Gasteiger partial charge in [0.2, 0.25) is 0 Å². The SMILES string of the molecule is CC.CCC.CCc1cc2c(cc1-n1cccn1)C(C)(C)c1ccccc1-2. The zero-order valence-corrected chi connectivity index (χ0v) is 18.0. The first kappa shape index (κ1) is 21.0. The highest BCUT2D eigenvalue weighted by Gasteiger charge is 2.35.